The average Bonchev–Trinajstić information content (AvgIpc) is 2.79. The first-order valence-corrected chi connectivity index (χ1v) is 10.6. The standard InChI is InChI=1S/C25H18Cl2N2O3/c26-20-13-19(29-25(31)17-9-5-2-6-10-17)14-21(27)24(20)32-23-12-18(22(30)15-28-23)11-16-7-3-1-4-8-16/h1-10,12-14H,11,15H2,(H,29,31). The van der Waals surface area contributed by atoms with Gasteiger partial charge >= 0.3 is 0 Å². The molecular formula is C25H18Cl2N2O3. The lowest BCUT2D eigenvalue weighted by Crippen LogP contribution is -2.20. The van der Waals surface area contributed by atoms with Gasteiger partial charge < -0.3 is 10.1 Å². The maximum absolute atomic E-state index is 12.4. The van der Waals surface area contributed by atoms with Crippen LogP contribution in [0.25, 0.3) is 0 Å². The molecule has 5 nitrogen and oxygen atoms in total. The molecule has 0 bridgehead atoms. The van der Waals surface area contributed by atoms with Gasteiger partial charge in [0.15, 0.2) is 11.5 Å². The van der Waals surface area contributed by atoms with Gasteiger partial charge in [-0.05, 0) is 29.8 Å². The fraction of sp³-hybridized carbons (Fsp3) is 0.0800. The van der Waals surface area contributed by atoms with Crippen molar-refractivity contribution in [2.75, 3.05) is 11.9 Å². The molecule has 32 heavy (non-hydrogen) atoms. The first-order valence-electron chi connectivity index (χ1n) is 9.85. The first-order chi connectivity index (χ1) is 15.5. The lowest BCUT2D eigenvalue weighted by molar-refractivity contribution is -0.114. The van der Waals surface area contributed by atoms with E-state index in [9.17, 15) is 9.59 Å². The zero-order valence-electron chi connectivity index (χ0n) is 16.8. The smallest absolute Gasteiger partial charge is 0.255 e. The number of hydrogen-bond acceptors (Lipinski definition) is 4. The Hall–Kier alpha value is -3.41. The molecule has 3 aromatic carbocycles. The van der Waals surface area contributed by atoms with Crippen molar-refractivity contribution in [3.05, 3.63) is 106 Å². The third-order valence-electron chi connectivity index (χ3n) is 4.77. The van der Waals surface area contributed by atoms with E-state index in [0.717, 1.165) is 5.56 Å². The van der Waals surface area contributed by atoms with Crippen LogP contribution in [-0.4, -0.2) is 24.1 Å². The van der Waals surface area contributed by atoms with Crippen molar-refractivity contribution in [3.8, 4) is 5.75 Å². The van der Waals surface area contributed by atoms with Gasteiger partial charge in [-0.15, -0.1) is 0 Å². The molecule has 1 N–H and O–H groups in total. The summed E-state index contributed by atoms with van der Waals surface area (Å²) in [5.74, 6) is 0.113. The van der Waals surface area contributed by atoms with E-state index in [2.05, 4.69) is 10.3 Å². The summed E-state index contributed by atoms with van der Waals surface area (Å²) in [6.45, 7) is -0.00550. The molecule has 0 unspecified atom stereocenters. The number of nitrogens with zero attached hydrogens (tertiary/aromatic N) is 1. The number of ketones is 1. The van der Waals surface area contributed by atoms with Crippen LogP contribution in [0, 0.1) is 0 Å². The van der Waals surface area contributed by atoms with Gasteiger partial charge in [0.2, 0.25) is 5.90 Å². The van der Waals surface area contributed by atoms with Crippen molar-refractivity contribution >= 4 is 46.5 Å². The van der Waals surface area contributed by atoms with Crippen LogP contribution < -0.4 is 10.1 Å². The van der Waals surface area contributed by atoms with E-state index < -0.39 is 0 Å². The number of amides is 1. The minimum absolute atomic E-state index is 0.00550. The number of anilines is 1. The Morgan fingerprint density at radius 3 is 2.25 bits per heavy atom. The molecule has 1 aliphatic heterocycles. The van der Waals surface area contributed by atoms with E-state index in [-0.39, 0.29) is 39.9 Å². The third kappa shape index (κ3) is 5.25. The predicted octanol–water partition coefficient (Wildman–Crippen LogP) is 5.77. The topological polar surface area (TPSA) is 67.8 Å². The Balaban J connectivity index is 1.50. The summed E-state index contributed by atoms with van der Waals surface area (Å²) in [6, 6.07) is 21.6. The van der Waals surface area contributed by atoms with Gasteiger partial charge in [0.1, 0.15) is 6.54 Å². The largest absolute Gasteiger partial charge is 0.436 e. The number of carbonyl (C=O) groups excluding carboxylic acids is 2. The van der Waals surface area contributed by atoms with Gasteiger partial charge in [-0.3, -0.25) is 9.59 Å². The number of halogens is 2. The molecule has 0 radical (unpaired) electrons. The summed E-state index contributed by atoms with van der Waals surface area (Å²) in [5.41, 5.74) is 2.56. The van der Waals surface area contributed by atoms with Crippen molar-refractivity contribution in [2.24, 2.45) is 4.99 Å². The van der Waals surface area contributed by atoms with Crippen molar-refractivity contribution < 1.29 is 14.3 Å². The number of rotatable bonds is 5. The molecule has 0 atom stereocenters. The first kappa shape index (κ1) is 21.8. The van der Waals surface area contributed by atoms with Crippen LogP contribution in [0.15, 0.2) is 89.4 Å². The van der Waals surface area contributed by atoms with Gasteiger partial charge in [0, 0.05) is 29.3 Å². The Morgan fingerprint density at radius 2 is 1.59 bits per heavy atom. The fourth-order valence-corrected chi connectivity index (χ4v) is 3.74. The van der Waals surface area contributed by atoms with E-state index in [1.165, 1.54) is 0 Å². The molecule has 4 rings (SSSR count). The van der Waals surface area contributed by atoms with E-state index in [0.29, 0.717) is 23.2 Å². The van der Waals surface area contributed by atoms with Crippen LogP contribution in [0.5, 0.6) is 5.75 Å². The highest BCUT2D eigenvalue weighted by Gasteiger charge is 2.20. The molecule has 0 saturated heterocycles. The Morgan fingerprint density at radius 1 is 0.969 bits per heavy atom. The number of aliphatic imine (C=N–C) groups is 1. The Kier molecular flexibility index (Phi) is 6.69. The number of benzene rings is 3. The second kappa shape index (κ2) is 9.81. The van der Waals surface area contributed by atoms with E-state index in [1.807, 2.05) is 36.4 Å². The van der Waals surface area contributed by atoms with Crippen molar-refractivity contribution in [1.82, 2.24) is 0 Å². The fourth-order valence-electron chi connectivity index (χ4n) is 3.18. The average molecular weight is 465 g/mol. The molecule has 0 fully saturated rings. The van der Waals surface area contributed by atoms with Gasteiger partial charge in [-0.2, -0.15) is 0 Å². The Labute approximate surface area is 195 Å². The number of nitrogens with one attached hydrogen (secondary N) is 1. The van der Waals surface area contributed by atoms with Crippen LogP contribution in [0.2, 0.25) is 10.0 Å². The highest BCUT2D eigenvalue weighted by atomic mass is 35.5. The lowest BCUT2D eigenvalue weighted by atomic mass is 10.00. The summed E-state index contributed by atoms with van der Waals surface area (Å²) in [4.78, 5) is 28.8. The number of Topliss-reactive ketones (excluding diaryl/α,β-unsaturated/α-hetero) is 1. The molecule has 0 spiro atoms. The maximum Gasteiger partial charge on any atom is 0.255 e. The molecule has 3 aromatic rings. The zero-order chi connectivity index (χ0) is 22.5. The summed E-state index contributed by atoms with van der Waals surface area (Å²) < 4.78 is 5.82. The third-order valence-corrected chi connectivity index (χ3v) is 5.33. The summed E-state index contributed by atoms with van der Waals surface area (Å²) >= 11 is 12.7. The van der Waals surface area contributed by atoms with Gasteiger partial charge in [0.05, 0.1) is 10.0 Å². The minimum Gasteiger partial charge on any atom is -0.436 e. The number of ether oxygens (including phenoxy) is 1. The van der Waals surface area contributed by atoms with Gasteiger partial charge in [-0.1, -0.05) is 71.7 Å². The van der Waals surface area contributed by atoms with Crippen LogP contribution >= 0.6 is 23.2 Å². The summed E-state index contributed by atoms with van der Waals surface area (Å²) in [5, 5.41) is 3.17. The molecule has 1 aliphatic rings. The second-order valence-electron chi connectivity index (χ2n) is 7.10. The molecule has 1 heterocycles. The van der Waals surface area contributed by atoms with Gasteiger partial charge in [-0.25, -0.2) is 4.99 Å². The van der Waals surface area contributed by atoms with E-state index in [4.69, 9.17) is 27.9 Å². The highest BCUT2D eigenvalue weighted by molar-refractivity contribution is 6.38. The lowest BCUT2D eigenvalue weighted by Gasteiger charge is -2.16. The van der Waals surface area contributed by atoms with E-state index in [1.54, 1.807) is 42.5 Å². The van der Waals surface area contributed by atoms with Crippen LogP contribution in [-0.2, 0) is 11.2 Å². The van der Waals surface area contributed by atoms with Crippen LogP contribution in [0.4, 0.5) is 5.69 Å². The van der Waals surface area contributed by atoms with Crippen molar-refractivity contribution in [2.45, 2.75) is 6.42 Å². The molecule has 1 amide bonds. The molecule has 160 valence electrons. The number of hydrogen-bond donors (Lipinski definition) is 1. The molecule has 0 aromatic heterocycles. The van der Waals surface area contributed by atoms with E-state index >= 15 is 0 Å². The molecule has 7 heteroatoms. The van der Waals surface area contributed by atoms with Crippen molar-refractivity contribution in [3.63, 3.8) is 0 Å². The molecule has 0 aliphatic carbocycles. The second-order valence-corrected chi connectivity index (χ2v) is 7.92. The molecular weight excluding hydrogens is 447 g/mol. The monoisotopic (exact) mass is 464 g/mol. The normalized spacial score (nSPS) is 13.2. The van der Waals surface area contributed by atoms with Crippen molar-refractivity contribution in [1.29, 1.82) is 0 Å². The quantitative estimate of drug-likeness (QED) is 0.520. The molecule has 0 saturated carbocycles. The zero-order valence-corrected chi connectivity index (χ0v) is 18.4. The maximum atomic E-state index is 12.4. The van der Waals surface area contributed by atoms with Crippen LogP contribution in [0.3, 0.4) is 0 Å². The van der Waals surface area contributed by atoms with Gasteiger partial charge in [0.25, 0.3) is 5.91 Å². The number of dihydropyridines is 1. The minimum atomic E-state index is -0.282. The van der Waals surface area contributed by atoms with Crippen LogP contribution in [0.1, 0.15) is 15.9 Å². The SMILES string of the molecule is O=C1CN=C(Oc2c(Cl)cc(NC(=O)c3ccccc3)cc2Cl)C=C1Cc1ccccc1. The highest BCUT2D eigenvalue weighted by Crippen LogP contribution is 2.36. The summed E-state index contributed by atoms with van der Waals surface area (Å²) in [7, 11) is 0. The Bertz CT molecular complexity index is 1200. The summed E-state index contributed by atoms with van der Waals surface area (Å²) in [6.07, 6.45) is 2.09. The number of carbonyl (C=O) groups is 2. The predicted molar refractivity (Wildman–Crippen MR) is 127 cm³/mol.